The predicted octanol–water partition coefficient (Wildman–Crippen LogP) is 3.22. The molecule has 1 aliphatic rings. The summed E-state index contributed by atoms with van der Waals surface area (Å²) >= 11 is 0. The Kier molecular flexibility index (Phi) is 6.39. The zero-order valence-electron chi connectivity index (χ0n) is 18.0. The number of hydrogen-bond acceptors (Lipinski definition) is 5. The SMILES string of the molecule is CCn1ccc(NC(=O)C(CC(=O)O)NC(=O)OCC2c3ccccc3-c3ccccc32)n1. The van der Waals surface area contributed by atoms with Gasteiger partial charge in [-0.15, -0.1) is 0 Å². The van der Waals surface area contributed by atoms with E-state index in [0.717, 1.165) is 22.3 Å². The Balaban J connectivity index is 1.41. The Labute approximate surface area is 190 Å². The number of rotatable bonds is 8. The molecule has 1 aliphatic carbocycles. The summed E-state index contributed by atoms with van der Waals surface area (Å²) in [5, 5.41) is 18.2. The molecule has 3 aromatic rings. The predicted molar refractivity (Wildman–Crippen MR) is 121 cm³/mol. The van der Waals surface area contributed by atoms with Gasteiger partial charge in [0, 0.05) is 24.7 Å². The van der Waals surface area contributed by atoms with Crippen molar-refractivity contribution in [2.45, 2.75) is 31.8 Å². The minimum Gasteiger partial charge on any atom is -0.481 e. The fourth-order valence-corrected chi connectivity index (χ4v) is 3.98. The number of hydrogen-bond donors (Lipinski definition) is 3. The molecule has 33 heavy (non-hydrogen) atoms. The van der Waals surface area contributed by atoms with Gasteiger partial charge in [0.2, 0.25) is 5.91 Å². The minimum atomic E-state index is -1.31. The Morgan fingerprint density at radius 2 is 1.70 bits per heavy atom. The molecule has 0 saturated heterocycles. The van der Waals surface area contributed by atoms with Gasteiger partial charge in [-0.1, -0.05) is 48.5 Å². The van der Waals surface area contributed by atoms with Gasteiger partial charge in [0.05, 0.1) is 6.42 Å². The molecule has 2 amide bonds. The fourth-order valence-electron chi connectivity index (χ4n) is 3.98. The summed E-state index contributed by atoms with van der Waals surface area (Å²) in [4.78, 5) is 36.3. The topological polar surface area (TPSA) is 123 Å². The van der Waals surface area contributed by atoms with Gasteiger partial charge in [-0.3, -0.25) is 14.3 Å². The number of alkyl carbamates (subject to hydrolysis) is 1. The van der Waals surface area contributed by atoms with Crippen LogP contribution >= 0.6 is 0 Å². The highest BCUT2D eigenvalue weighted by Crippen LogP contribution is 2.44. The molecular formula is C24H24N4O5. The van der Waals surface area contributed by atoms with Crippen LogP contribution in [0.15, 0.2) is 60.8 Å². The van der Waals surface area contributed by atoms with Crippen molar-refractivity contribution in [3.8, 4) is 11.1 Å². The lowest BCUT2D eigenvalue weighted by atomic mass is 9.98. The van der Waals surface area contributed by atoms with Crippen LogP contribution in [0.5, 0.6) is 0 Å². The number of fused-ring (bicyclic) bond motifs is 3. The first kappa shape index (κ1) is 22.1. The standard InChI is InChI=1S/C24H24N4O5/c1-2-28-12-11-21(27-28)26-23(31)20(13-22(29)30)25-24(32)33-14-19-17-9-5-3-7-15(17)16-8-4-6-10-18(16)19/h3-12,19-20H,2,13-14H2,1H3,(H,25,32)(H,29,30)(H,26,27,31). The monoisotopic (exact) mass is 448 g/mol. The van der Waals surface area contributed by atoms with Crippen LogP contribution in [0, 0.1) is 0 Å². The average molecular weight is 448 g/mol. The van der Waals surface area contributed by atoms with E-state index in [1.807, 2.05) is 55.5 Å². The summed E-state index contributed by atoms with van der Waals surface area (Å²) < 4.78 is 7.04. The van der Waals surface area contributed by atoms with Crippen molar-refractivity contribution in [3.05, 3.63) is 71.9 Å². The second-order valence-corrected chi connectivity index (χ2v) is 7.67. The molecule has 170 valence electrons. The lowest BCUT2D eigenvalue weighted by molar-refractivity contribution is -0.139. The zero-order valence-corrected chi connectivity index (χ0v) is 18.0. The van der Waals surface area contributed by atoms with Crippen LogP contribution in [0.1, 0.15) is 30.4 Å². The molecule has 4 rings (SSSR count). The van der Waals surface area contributed by atoms with Crippen molar-refractivity contribution < 1.29 is 24.2 Å². The molecule has 3 N–H and O–H groups in total. The quantitative estimate of drug-likeness (QED) is 0.486. The lowest BCUT2D eigenvalue weighted by Crippen LogP contribution is -2.45. The highest BCUT2D eigenvalue weighted by atomic mass is 16.5. The first-order chi connectivity index (χ1) is 16.0. The third kappa shape index (κ3) is 4.87. The van der Waals surface area contributed by atoms with Gasteiger partial charge in [-0.25, -0.2) is 4.79 Å². The molecule has 0 fully saturated rings. The Bertz CT molecular complexity index is 1140. The maximum Gasteiger partial charge on any atom is 0.407 e. The molecule has 1 unspecified atom stereocenters. The van der Waals surface area contributed by atoms with Crippen LogP contribution in [0.3, 0.4) is 0 Å². The van der Waals surface area contributed by atoms with Gasteiger partial charge in [0.1, 0.15) is 12.6 Å². The molecule has 9 nitrogen and oxygen atoms in total. The molecule has 1 atom stereocenters. The smallest absolute Gasteiger partial charge is 0.407 e. The number of carbonyl (C=O) groups excluding carboxylic acids is 2. The van der Waals surface area contributed by atoms with Crippen molar-refractivity contribution in [1.29, 1.82) is 0 Å². The van der Waals surface area contributed by atoms with Gasteiger partial charge in [-0.2, -0.15) is 5.10 Å². The van der Waals surface area contributed by atoms with E-state index >= 15 is 0 Å². The second-order valence-electron chi connectivity index (χ2n) is 7.67. The van der Waals surface area contributed by atoms with E-state index in [2.05, 4.69) is 15.7 Å². The normalized spacial score (nSPS) is 13.0. The van der Waals surface area contributed by atoms with Crippen molar-refractivity contribution in [2.24, 2.45) is 0 Å². The first-order valence-electron chi connectivity index (χ1n) is 10.6. The summed E-state index contributed by atoms with van der Waals surface area (Å²) in [5.74, 6) is -1.79. The summed E-state index contributed by atoms with van der Waals surface area (Å²) in [6, 6.07) is 16.1. The van der Waals surface area contributed by atoms with Gasteiger partial charge >= 0.3 is 12.1 Å². The van der Waals surface area contributed by atoms with Crippen molar-refractivity contribution in [1.82, 2.24) is 15.1 Å². The lowest BCUT2D eigenvalue weighted by Gasteiger charge is -2.18. The number of aromatic nitrogens is 2. The van der Waals surface area contributed by atoms with Crippen molar-refractivity contribution >= 4 is 23.8 Å². The number of benzene rings is 2. The fraction of sp³-hybridized carbons (Fsp3) is 0.250. The number of nitrogens with one attached hydrogen (secondary N) is 2. The molecular weight excluding hydrogens is 424 g/mol. The number of carbonyl (C=O) groups is 3. The van der Waals surface area contributed by atoms with E-state index < -0.39 is 30.4 Å². The van der Waals surface area contributed by atoms with Gasteiger partial charge in [-0.05, 0) is 29.2 Å². The summed E-state index contributed by atoms with van der Waals surface area (Å²) in [5.41, 5.74) is 4.30. The number of aryl methyl sites for hydroxylation is 1. The zero-order chi connectivity index (χ0) is 23.4. The van der Waals surface area contributed by atoms with E-state index in [0.29, 0.717) is 6.54 Å². The molecule has 9 heteroatoms. The Hall–Kier alpha value is -4.14. The molecule has 2 aromatic carbocycles. The van der Waals surface area contributed by atoms with Crippen LogP contribution in [0.2, 0.25) is 0 Å². The average Bonchev–Trinajstić information content (AvgIpc) is 3.39. The van der Waals surface area contributed by atoms with E-state index in [1.165, 1.54) is 0 Å². The van der Waals surface area contributed by atoms with Gasteiger partial charge in [0.25, 0.3) is 0 Å². The van der Waals surface area contributed by atoms with Crippen LogP contribution in [-0.2, 0) is 20.9 Å². The molecule has 0 bridgehead atoms. The first-order valence-corrected chi connectivity index (χ1v) is 10.6. The van der Waals surface area contributed by atoms with E-state index in [-0.39, 0.29) is 18.3 Å². The third-order valence-corrected chi connectivity index (χ3v) is 5.55. The number of ether oxygens (including phenoxy) is 1. The van der Waals surface area contributed by atoms with Crippen LogP contribution in [0.4, 0.5) is 10.6 Å². The number of nitrogens with zero attached hydrogens (tertiary/aromatic N) is 2. The highest BCUT2D eigenvalue weighted by Gasteiger charge is 2.30. The number of anilines is 1. The number of carboxylic acids is 1. The number of aliphatic carboxylic acids is 1. The van der Waals surface area contributed by atoms with Crippen LogP contribution in [-0.4, -0.2) is 45.5 Å². The third-order valence-electron chi connectivity index (χ3n) is 5.55. The molecule has 0 radical (unpaired) electrons. The van der Waals surface area contributed by atoms with Crippen molar-refractivity contribution in [2.75, 3.05) is 11.9 Å². The molecule has 1 heterocycles. The maximum atomic E-state index is 12.6. The molecule has 0 aliphatic heterocycles. The van der Waals surface area contributed by atoms with Gasteiger partial charge < -0.3 is 20.5 Å². The largest absolute Gasteiger partial charge is 0.481 e. The highest BCUT2D eigenvalue weighted by molar-refractivity contribution is 5.97. The second kappa shape index (κ2) is 9.56. The van der Waals surface area contributed by atoms with Gasteiger partial charge in [0.15, 0.2) is 5.82 Å². The van der Waals surface area contributed by atoms with E-state index in [9.17, 15) is 19.5 Å². The van der Waals surface area contributed by atoms with Crippen molar-refractivity contribution in [3.63, 3.8) is 0 Å². The maximum absolute atomic E-state index is 12.6. The summed E-state index contributed by atoms with van der Waals surface area (Å²) in [6.07, 6.45) is 0.225. The van der Waals surface area contributed by atoms with Crippen LogP contribution < -0.4 is 10.6 Å². The molecule has 1 aromatic heterocycles. The van der Waals surface area contributed by atoms with E-state index in [1.54, 1.807) is 16.9 Å². The molecule has 0 spiro atoms. The summed E-state index contributed by atoms with van der Waals surface area (Å²) in [7, 11) is 0. The van der Waals surface area contributed by atoms with Crippen LogP contribution in [0.25, 0.3) is 11.1 Å². The molecule has 0 saturated carbocycles. The Morgan fingerprint density at radius 3 is 2.27 bits per heavy atom. The minimum absolute atomic E-state index is 0.0577. The van der Waals surface area contributed by atoms with E-state index in [4.69, 9.17) is 4.74 Å². The Morgan fingerprint density at radius 1 is 1.06 bits per heavy atom. The number of carboxylic acid groups (broad SMARTS) is 1. The summed E-state index contributed by atoms with van der Waals surface area (Å²) in [6.45, 7) is 2.57. The number of amides is 2.